The summed E-state index contributed by atoms with van der Waals surface area (Å²) in [7, 11) is 0. The molecule has 0 fully saturated rings. The van der Waals surface area contributed by atoms with Crippen molar-refractivity contribution in [3.05, 3.63) is 82.1 Å². The molecule has 3 rings (SSSR count). The summed E-state index contributed by atoms with van der Waals surface area (Å²) in [4.78, 5) is 16.2. The predicted molar refractivity (Wildman–Crippen MR) is 98.3 cm³/mol. The Morgan fingerprint density at radius 2 is 1.54 bits per heavy atom. The van der Waals surface area contributed by atoms with Crippen LogP contribution in [0.1, 0.15) is 10.4 Å². The second-order valence-corrected chi connectivity index (χ2v) is 6.05. The molecule has 1 heterocycles. The highest BCUT2D eigenvalue weighted by Gasteiger charge is 2.14. The lowest BCUT2D eigenvalue weighted by Gasteiger charge is -2.11. The van der Waals surface area contributed by atoms with Gasteiger partial charge in [0.1, 0.15) is 17.3 Å². The smallest absolute Gasteiger partial charge is 0.257 e. The zero-order valence-electron chi connectivity index (χ0n) is 13.1. The van der Waals surface area contributed by atoms with E-state index in [4.69, 9.17) is 23.2 Å². The van der Waals surface area contributed by atoms with Gasteiger partial charge in [0.05, 0.1) is 33.2 Å². The summed E-state index contributed by atoms with van der Waals surface area (Å²) in [5.74, 6) is -2.46. The maximum absolute atomic E-state index is 13.7. The molecule has 0 spiro atoms. The fourth-order valence-corrected chi connectivity index (χ4v) is 2.69. The van der Waals surface area contributed by atoms with Gasteiger partial charge in [-0.3, -0.25) is 9.78 Å². The normalized spacial score (nSPS) is 10.5. The van der Waals surface area contributed by atoms with Gasteiger partial charge in [0.2, 0.25) is 0 Å². The summed E-state index contributed by atoms with van der Waals surface area (Å²) in [6, 6.07) is 9.77. The maximum atomic E-state index is 13.7. The topological polar surface area (TPSA) is 54.0 Å². The van der Waals surface area contributed by atoms with Crippen molar-refractivity contribution in [1.82, 2.24) is 4.98 Å². The number of para-hydroxylation sites is 2. The van der Waals surface area contributed by atoms with E-state index in [-0.39, 0.29) is 5.56 Å². The van der Waals surface area contributed by atoms with Gasteiger partial charge in [-0.2, -0.15) is 0 Å². The third-order valence-corrected chi connectivity index (χ3v) is 4.06. The number of nitrogens with zero attached hydrogens (tertiary/aromatic N) is 1. The molecule has 26 heavy (non-hydrogen) atoms. The molecule has 0 atom stereocenters. The molecule has 2 N–H and O–H groups in total. The van der Waals surface area contributed by atoms with E-state index in [9.17, 15) is 13.6 Å². The summed E-state index contributed by atoms with van der Waals surface area (Å²) in [5, 5.41) is 5.95. The monoisotopic (exact) mass is 393 g/mol. The van der Waals surface area contributed by atoms with Crippen LogP contribution in [-0.2, 0) is 0 Å². The molecule has 1 amide bonds. The zero-order valence-corrected chi connectivity index (χ0v) is 14.6. The van der Waals surface area contributed by atoms with Crippen LogP contribution in [0.2, 0.25) is 10.0 Å². The standard InChI is InChI=1S/C18H11Cl2F2N3O/c19-12-3-1-4-13(20)16(12)24-11-7-10(8-23-9-11)18(26)25-17-14(21)5-2-6-15(17)22/h1-9,24H,(H,25,26). The van der Waals surface area contributed by atoms with E-state index in [1.54, 1.807) is 18.2 Å². The number of carbonyl (C=O) groups is 1. The maximum Gasteiger partial charge on any atom is 0.257 e. The quantitative estimate of drug-likeness (QED) is 0.600. The Morgan fingerprint density at radius 3 is 2.19 bits per heavy atom. The van der Waals surface area contributed by atoms with Crippen molar-refractivity contribution in [2.45, 2.75) is 0 Å². The van der Waals surface area contributed by atoms with Crippen molar-refractivity contribution in [1.29, 1.82) is 0 Å². The van der Waals surface area contributed by atoms with Crippen molar-refractivity contribution in [2.75, 3.05) is 10.6 Å². The lowest BCUT2D eigenvalue weighted by Crippen LogP contribution is -2.14. The highest BCUT2D eigenvalue weighted by Crippen LogP contribution is 2.32. The minimum atomic E-state index is -0.872. The second kappa shape index (κ2) is 7.68. The Hall–Kier alpha value is -2.70. The lowest BCUT2D eigenvalue weighted by atomic mass is 10.2. The summed E-state index contributed by atoms with van der Waals surface area (Å²) < 4.78 is 27.3. The Kier molecular flexibility index (Phi) is 5.35. The number of hydrogen-bond donors (Lipinski definition) is 2. The van der Waals surface area contributed by atoms with Gasteiger partial charge in [0, 0.05) is 6.20 Å². The molecule has 0 saturated heterocycles. The molecule has 0 saturated carbocycles. The van der Waals surface area contributed by atoms with E-state index in [0.717, 1.165) is 12.1 Å². The SMILES string of the molecule is O=C(Nc1c(F)cccc1F)c1cncc(Nc2c(Cl)cccc2Cl)c1. The fourth-order valence-electron chi connectivity index (χ4n) is 2.20. The van der Waals surface area contributed by atoms with Crippen molar-refractivity contribution in [3.8, 4) is 0 Å². The highest BCUT2D eigenvalue weighted by atomic mass is 35.5. The number of hydrogen-bond acceptors (Lipinski definition) is 3. The molecule has 8 heteroatoms. The van der Waals surface area contributed by atoms with E-state index in [2.05, 4.69) is 15.6 Å². The van der Waals surface area contributed by atoms with Gasteiger partial charge in [-0.15, -0.1) is 0 Å². The molecule has 0 aliphatic carbocycles. The average Bonchev–Trinajstić information content (AvgIpc) is 2.62. The first-order valence-electron chi connectivity index (χ1n) is 7.37. The molecule has 1 aromatic heterocycles. The number of rotatable bonds is 4. The molecule has 0 radical (unpaired) electrons. The van der Waals surface area contributed by atoms with E-state index in [0.29, 0.717) is 21.4 Å². The molecular formula is C18H11Cl2F2N3O. The van der Waals surface area contributed by atoms with Crippen LogP contribution < -0.4 is 10.6 Å². The number of nitrogens with one attached hydrogen (secondary N) is 2. The number of carbonyl (C=O) groups excluding carboxylic acids is 1. The molecular weight excluding hydrogens is 383 g/mol. The number of halogens is 4. The predicted octanol–water partition coefficient (Wildman–Crippen LogP) is 5.66. The molecule has 0 unspecified atom stereocenters. The first-order valence-corrected chi connectivity index (χ1v) is 8.13. The highest BCUT2D eigenvalue weighted by molar-refractivity contribution is 6.39. The van der Waals surface area contributed by atoms with Gasteiger partial charge in [-0.1, -0.05) is 35.3 Å². The van der Waals surface area contributed by atoms with Crippen molar-refractivity contribution in [3.63, 3.8) is 0 Å². The van der Waals surface area contributed by atoms with Crippen LogP contribution in [0.15, 0.2) is 54.9 Å². The molecule has 0 aliphatic rings. The van der Waals surface area contributed by atoms with Crippen molar-refractivity contribution >= 4 is 46.2 Å². The van der Waals surface area contributed by atoms with Crippen LogP contribution in [0.3, 0.4) is 0 Å². The summed E-state index contributed by atoms with van der Waals surface area (Å²) in [5.41, 5.74) is 0.461. The third kappa shape index (κ3) is 3.92. The largest absolute Gasteiger partial charge is 0.352 e. The van der Waals surface area contributed by atoms with Gasteiger partial charge in [0.15, 0.2) is 0 Å². The number of amides is 1. The first-order chi connectivity index (χ1) is 12.5. The molecule has 0 aliphatic heterocycles. The third-order valence-electron chi connectivity index (χ3n) is 3.43. The van der Waals surface area contributed by atoms with Crippen LogP contribution in [0, 0.1) is 11.6 Å². The van der Waals surface area contributed by atoms with Gasteiger partial charge in [0.25, 0.3) is 5.91 Å². The van der Waals surface area contributed by atoms with E-state index in [1.807, 2.05) is 0 Å². The van der Waals surface area contributed by atoms with Gasteiger partial charge in [-0.25, -0.2) is 8.78 Å². The summed E-state index contributed by atoms with van der Waals surface area (Å²) in [6.45, 7) is 0. The van der Waals surface area contributed by atoms with Crippen LogP contribution >= 0.6 is 23.2 Å². The lowest BCUT2D eigenvalue weighted by molar-refractivity contribution is 0.102. The number of benzene rings is 2. The zero-order chi connectivity index (χ0) is 18.7. The molecule has 4 nitrogen and oxygen atoms in total. The fraction of sp³-hybridized carbons (Fsp3) is 0. The summed E-state index contributed by atoms with van der Waals surface area (Å²) in [6.07, 6.45) is 2.73. The van der Waals surface area contributed by atoms with Crippen LogP contribution in [0.4, 0.5) is 25.8 Å². The Balaban J connectivity index is 1.84. The van der Waals surface area contributed by atoms with Crippen molar-refractivity contribution in [2.24, 2.45) is 0 Å². The number of anilines is 3. The molecule has 0 bridgehead atoms. The van der Waals surface area contributed by atoms with Crippen LogP contribution in [-0.4, -0.2) is 10.9 Å². The van der Waals surface area contributed by atoms with Gasteiger partial charge >= 0.3 is 0 Å². The Labute approximate surface area is 157 Å². The van der Waals surface area contributed by atoms with Crippen LogP contribution in [0.25, 0.3) is 0 Å². The molecule has 132 valence electrons. The minimum absolute atomic E-state index is 0.0980. The van der Waals surface area contributed by atoms with E-state index in [1.165, 1.54) is 24.5 Å². The van der Waals surface area contributed by atoms with E-state index < -0.39 is 23.2 Å². The Morgan fingerprint density at radius 1 is 0.923 bits per heavy atom. The van der Waals surface area contributed by atoms with Gasteiger partial charge in [-0.05, 0) is 30.3 Å². The first kappa shape index (κ1) is 18.1. The second-order valence-electron chi connectivity index (χ2n) is 5.23. The van der Waals surface area contributed by atoms with E-state index >= 15 is 0 Å². The number of pyridine rings is 1. The number of aromatic nitrogens is 1. The summed E-state index contributed by atoms with van der Waals surface area (Å²) >= 11 is 12.2. The van der Waals surface area contributed by atoms with Gasteiger partial charge < -0.3 is 10.6 Å². The molecule has 2 aromatic carbocycles. The minimum Gasteiger partial charge on any atom is -0.352 e. The van der Waals surface area contributed by atoms with Crippen molar-refractivity contribution < 1.29 is 13.6 Å². The Bertz CT molecular complexity index is 942. The average molecular weight is 394 g/mol. The molecule has 3 aromatic rings. The van der Waals surface area contributed by atoms with Crippen LogP contribution in [0.5, 0.6) is 0 Å².